The molecule has 182 valence electrons. The van der Waals surface area contributed by atoms with Gasteiger partial charge in [-0.1, -0.05) is 36.4 Å². The van der Waals surface area contributed by atoms with Gasteiger partial charge >= 0.3 is 0 Å². The molecule has 0 N–H and O–H groups in total. The summed E-state index contributed by atoms with van der Waals surface area (Å²) in [7, 11) is 3.32. The lowest BCUT2D eigenvalue weighted by Gasteiger charge is -2.13. The molecule has 0 aliphatic rings. The number of unbranched alkanes of at least 4 members (excludes halogenated alkanes) is 1. The van der Waals surface area contributed by atoms with Crippen molar-refractivity contribution >= 4 is 17.1 Å². The molecule has 1 heterocycles. The normalized spacial score (nSPS) is 11.2. The molecule has 3 aromatic carbocycles. The summed E-state index contributed by atoms with van der Waals surface area (Å²) in [5.74, 6) is 3.94. The number of aryl methyl sites for hydroxylation is 1. The van der Waals surface area contributed by atoms with Crippen molar-refractivity contribution in [2.75, 3.05) is 20.8 Å². The summed E-state index contributed by atoms with van der Waals surface area (Å²) in [4.78, 5) is 4.82. The van der Waals surface area contributed by atoms with E-state index < -0.39 is 0 Å². The van der Waals surface area contributed by atoms with Gasteiger partial charge in [-0.3, -0.25) is 0 Å². The molecule has 0 radical (unpaired) electrons. The van der Waals surface area contributed by atoms with Crippen molar-refractivity contribution < 1.29 is 18.9 Å². The Labute approximate surface area is 206 Å². The van der Waals surface area contributed by atoms with Crippen molar-refractivity contribution in [1.29, 1.82) is 0 Å². The van der Waals surface area contributed by atoms with Crippen LogP contribution in [0.4, 0.5) is 0 Å². The molecule has 0 atom stereocenters. The minimum absolute atomic E-state index is 0.383. The summed E-state index contributed by atoms with van der Waals surface area (Å²) >= 11 is 0. The average molecular weight is 473 g/mol. The van der Waals surface area contributed by atoms with E-state index in [9.17, 15) is 0 Å². The van der Waals surface area contributed by atoms with Crippen molar-refractivity contribution in [2.45, 2.75) is 32.9 Å². The lowest BCUT2D eigenvalue weighted by molar-refractivity contribution is 0.277. The first-order valence-electron chi connectivity index (χ1n) is 11.9. The second-order valence-corrected chi connectivity index (χ2v) is 8.10. The highest BCUT2D eigenvalue weighted by Crippen LogP contribution is 2.29. The lowest BCUT2D eigenvalue weighted by atomic mass is 10.2. The second kappa shape index (κ2) is 12.0. The van der Waals surface area contributed by atoms with E-state index in [0.29, 0.717) is 13.2 Å². The largest absolute Gasteiger partial charge is 0.497 e. The first kappa shape index (κ1) is 24.2. The number of rotatable bonds is 12. The third-order valence-corrected chi connectivity index (χ3v) is 5.72. The van der Waals surface area contributed by atoms with Gasteiger partial charge < -0.3 is 23.5 Å². The molecule has 0 aliphatic carbocycles. The number of benzene rings is 3. The van der Waals surface area contributed by atoms with E-state index in [-0.39, 0.29) is 0 Å². The highest BCUT2D eigenvalue weighted by Gasteiger charge is 2.12. The fraction of sp³-hybridized carbons (Fsp3) is 0.276. The average Bonchev–Trinajstić information content (AvgIpc) is 3.25. The van der Waals surface area contributed by atoms with Crippen LogP contribution in [0.5, 0.6) is 23.0 Å². The van der Waals surface area contributed by atoms with Crippen LogP contribution in [-0.4, -0.2) is 30.4 Å². The van der Waals surface area contributed by atoms with E-state index in [1.54, 1.807) is 14.2 Å². The first-order chi connectivity index (χ1) is 17.2. The molecule has 0 saturated heterocycles. The lowest BCUT2D eigenvalue weighted by Crippen LogP contribution is -2.09. The molecule has 0 unspecified atom stereocenters. The fourth-order valence-corrected chi connectivity index (χ4v) is 3.98. The summed E-state index contributed by atoms with van der Waals surface area (Å²) in [5.41, 5.74) is 3.17. The molecule has 0 aliphatic heterocycles. The maximum Gasteiger partial charge on any atom is 0.161 e. The SMILES string of the molecule is C/C=C/c1ccc(OCCCCn2c(COc3cccc(OC)c3)nc3ccccc32)c(OC)c1. The Hall–Kier alpha value is -3.93. The van der Waals surface area contributed by atoms with Gasteiger partial charge in [0.15, 0.2) is 11.5 Å². The van der Waals surface area contributed by atoms with Gasteiger partial charge in [-0.25, -0.2) is 4.98 Å². The molecule has 0 spiro atoms. The van der Waals surface area contributed by atoms with Crippen molar-refractivity contribution in [2.24, 2.45) is 0 Å². The fourth-order valence-electron chi connectivity index (χ4n) is 3.98. The van der Waals surface area contributed by atoms with Crippen LogP contribution in [0.15, 0.2) is 72.8 Å². The highest BCUT2D eigenvalue weighted by molar-refractivity contribution is 5.75. The van der Waals surface area contributed by atoms with Crippen molar-refractivity contribution in [3.8, 4) is 23.0 Å². The van der Waals surface area contributed by atoms with Crippen LogP contribution in [0.1, 0.15) is 31.2 Å². The zero-order chi connectivity index (χ0) is 24.5. The summed E-state index contributed by atoms with van der Waals surface area (Å²) in [5, 5.41) is 0. The number of ether oxygens (including phenoxy) is 4. The monoisotopic (exact) mass is 472 g/mol. The second-order valence-electron chi connectivity index (χ2n) is 8.10. The summed E-state index contributed by atoms with van der Waals surface area (Å²) in [6, 6.07) is 21.8. The van der Waals surface area contributed by atoms with Gasteiger partial charge in [0.25, 0.3) is 0 Å². The highest BCUT2D eigenvalue weighted by atomic mass is 16.5. The number of methoxy groups -OCH3 is 2. The molecule has 4 rings (SSSR count). The number of hydrogen-bond acceptors (Lipinski definition) is 5. The number of fused-ring (bicyclic) bond motifs is 1. The predicted octanol–water partition coefficient (Wildman–Crippen LogP) is 6.52. The molecule has 1 aromatic heterocycles. The van der Waals surface area contributed by atoms with Gasteiger partial charge in [0.1, 0.15) is 23.9 Å². The zero-order valence-corrected chi connectivity index (χ0v) is 20.6. The molecule has 6 nitrogen and oxygen atoms in total. The number of imidazole rings is 1. The number of aromatic nitrogens is 2. The van der Waals surface area contributed by atoms with Crippen LogP contribution >= 0.6 is 0 Å². The van der Waals surface area contributed by atoms with Gasteiger partial charge in [-0.2, -0.15) is 0 Å². The summed E-state index contributed by atoms with van der Waals surface area (Å²) in [6.07, 6.45) is 5.90. The summed E-state index contributed by atoms with van der Waals surface area (Å²) in [6.45, 7) is 3.82. The standard InChI is InChI=1S/C29H32N2O4/c1-4-10-22-15-16-27(28(19-22)33-3)34-18-8-7-17-31-26-14-6-5-13-25(26)30-29(31)21-35-24-12-9-11-23(20-24)32-2/h4-6,9-16,19-20H,7-8,17-18,21H2,1-3H3/b10-4+. The van der Waals surface area contributed by atoms with Crippen LogP contribution in [0.2, 0.25) is 0 Å². The van der Waals surface area contributed by atoms with E-state index in [4.69, 9.17) is 23.9 Å². The summed E-state index contributed by atoms with van der Waals surface area (Å²) < 4.78 is 25.1. The van der Waals surface area contributed by atoms with E-state index in [2.05, 4.69) is 10.6 Å². The van der Waals surface area contributed by atoms with Gasteiger partial charge in [0.2, 0.25) is 0 Å². The number of allylic oxidation sites excluding steroid dienone is 1. The Kier molecular flexibility index (Phi) is 8.28. The molecule has 0 bridgehead atoms. The Morgan fingerprint density at radius 2 is 1.69 bits per heavy atom. The Morgan fingerprint density at radius 1 is 0.829 bits per heavy atom. The van der Waals surface area contributed by atoms with Crippen molar-refractivity contribution in [3.05, 3.63) is 84.2 Å². The smallest absolute Gasteiger partial charge is 0.161 e. The van der Waals surface area contributed by atoms with E-state index in [1.165, 1.54) is 0 Å². The molecular weight excluding hydrogens is 440 g/mol. The topological polar surface area (TPSA) is 54.7 Å². The van der Waals surface area contributed by atoms with Crippen LogP contribution in [0.25, 0.3) is 17.1 Å². The molecule has 0 amide bonds. The van der Waals surface area contributed by atoms with Gasteiger partial charge in [0, 0.05) is 12.6 Å². The predicted molar refractivity (Wildman–Crippen MR) is 139 cm³/mol. The molecule has 4 aromatic rings. The Balaban J connectivity index is 1.37. The molecule has 6 heteroatoms. The van der Waals surface area contributed by atoms with Crippen molar-refractivity contribution in [3.63, 3.8) is 0 Å². The van der Waals surface area contributed by atoms with Crippen LogP contribution in [0.3, 0.4) is 0 Å². The number of para-hydroxylation sites is 2. The van der Waals surface area contributed by atoms with Crippen LogP contribution in [0, 0.1) is 0 Å². The van der Waals surface area contributed by atoms with E-state index in [0.717, 1.165) is 64.8 Å². The third-order valence-electron chi connectivity index (χ3n) is 5.72. The maximum absolute atomic E-state index is 6.04. The number of hydrogen-bond donors (Lipinski definition) is 0. The van der Waals surface area contributed by atoms with E-state index in [1.807, 2.05) is 79.7 Å². The molecule has 35 heavy (non-hydrogen) atoms. The Bertz CT molecular complexity index is 1280. The van der Waals surface area contributed by atoms with E-state index >= 15 is 0 Å². The minimum Gasteiger partial charge on any atom is -0.497 e. The van der Waals surface area contributed by atoms with Crippen molar-refractivity contribution in [1.82, 2.24) is 9.55 Å². The van der Waals surface area contributed by atoms with Gasteiger partial charge in [-0.05, 0) is 61.7 Å². The van der Waals surface area contributed by atoms with Gasteiger partial charge in [-0.15, -0.1) is 0 Å². The maximum atomic E-state index is 6.04. The van der Waals surface area contributed by atoms with Crippen LogP contribution < -0.4 is 18.9 Å². The first-order valence-corrected chi connectivity index (χ1v) is 11.9. The molecular formula is C29H32N2O4. The zero-order valence-electron chi connectivity index (χ0n) is 20.6. The minimum atomic E-state index is 0.383. The Morgan fingerprint density at radius 3 is 2.51 bits per heavy atom. The van der Waals surface area contributed by atoms with Gasteiger partial charge in [0.05, 0.1) is 31.9 Å². The van der Waals surface area contributed by atoms with Crippen LogP contribution in [-0.2, 0) is 13.2 Å². The quantitative estimate of drug-likeness (QED) is 0.220. The molecule has 0 saturated carbocycles. The number of nitrogens with zero attached hydrogens (tertiary/aromatic N) is 2. The molecule has 0 fully saturated rings. The third kappa shape index (κ3) is 6.15.